The van der Waals surface area contributed by atoms with E-state index in [0.29, 0.717) is 26.7 Å². The van der Waals surface area contributed by atoms with Crippen LogP contribution in [0, 0.1) is 0 Å². The Kier molecular flexibility index (Phi) is 6.22. The Hall–Kier alpha value is -1.34. The van der Waals surface area contributed by atoms with E-state index in [1.165, 1.54) is 6.08 Å². The van der Waals surface area contributed by atoms with Gasteiger partial charge in [-0.1, -0.05) is 6.92 Å². The van der Waals surface area contributed by atoms with Crippen LogP contribution in [-0.2, 0) is 9.59 Å². The van der Waals surface area contributed by atoms with Gasteiger partial charge in [0.2, 0.25) is 0 Å². The van der Waals surface area contributed by atoms with Gasteiger partial charge in [-0.3, -0.25) is 4.79 Å². The summed E-state index contributed by atoms with van der Waals surface area (Å²) in [5, 5.41) is 8.59. The van der Waals surface area contributed by atoms with Gasteiger partial charge in [0.25, 0.3) is 5.91 Å². The zero-order valence-electron chi connectivity index (χ0n) is 10.6. The summed E-state index contributed by atoms with van der Waals surface area (Å²) >= 11 is 6.65. The van der Waals surface area contributed by atoms with Gasteiger partial charge >= 0.3 is 5.97 Å². The highest BCUT2D eigenvalue weighted by atomic mass is 79.9. The minimum Gasteiger partial charge on any atom is -0.478 e. The molecule has 0 aliphatic heterocycles. The normalized spacial score (nSPS) is 12.3. The lowest BCUT2D eigenvalue weighted by atomic mass is 10.2. The molecule has 7 heteroatoms. The molecular formula is C13H13Br2NO4. The van der Waals surface area contributed by atoms with E-state index in [1.54, 1.807) is 19.1 Å². The largest absolute Gasteiger partial charge is 0.478 e. The highest BCUT2D eigenvalue weighted by molar-refractivity contribution is 9.11. The van der Waals surface area contributed by atoms with Crippen molar-refractivity contribution in [2.24, 2.45) is 5.73 Å². The summed E-state index contributed by atoms with van der Waals surface area (Å²) in [4.78, 5) is 21.7. The second-order valence-corrected chi connectivity index (χ2v) is 5.61. The molecule has 0 bridgehead atoms. The van der Waals surface area contributed by atoms with Gasteiger partial charge < -0.3 is 15.6 Å². The molecule has 0 heterocycles. The molecule has 1 aromatic rings. The molecular weight excluding hydrogens is 394 g/mol. The van der Waals surface area contributed by atoms with E-state index >= 15 is 0 Å². The first-order chi connectivity index (χ1) is 9.35. The van der Waals surface area contributed by atoms with Crippen LogP contribution in [-0.4, -0.2) is 23.1 Å². The summed E-state index contributed by atoms with van der Waals surface area (Å²) in [6, 6.07) is 3.38. The van der Waals surface area contributed by atoms with Gasteiger partial charge in [-0.2, -0.15) is 0 Å². The predicted molar refractivity (Wildman–Crippen MR) is 82.4 cm³/mol. The lowest BCUT2D eigenvalue weighted by molar-refractivity contribution is -0.131. The van der Waals surface area contributed by atoms with Gasteiger partial charge in [0.1, 0.15) is 5.75 Å². The second-order valence-electron chi connectivity index (χ2n) is 3.90. The molecule has 108 valence electrons. The van der Waals surface area contributed by atoms with Crippen molar-refractivity contribution in [2.75, 3.05) is 0 Å². The lowest BCUT2D eigenvalue weighted by Gasteiger charge is -2.17. The summed E-state index contributed by atoms with van der Waals surface area (Å²) in [6.45, 7) is 1.79. The van der Waals surface area contributed by atoms with Gasteiger partial charge in [0.15, 0.2) is 6.10 Å². The standard InChI is InChI=1S/C13H13Br2NO4/c1-2-10(13(16)19)20-12-8(14)5-7(6-9(12)15)3-4-11(17)18/h3-6,10H,2H2,1H3,(H2,16,19)(H,17,18)/b4-3+. The van der Waals surface area contributed by atoms with Crippen molar-refractivity contribution in [1.29, 1.82) is 0 Å². The van der Waals surface area contributed by atoms with Crippen molar-refractivity contribution >= 4 is 49.8 Å². The molecule has 0 radical (unpaired) electrons. The third kappa shape index (κ3) is 4.64. The van der Waals surface area contributed by atoms with E-state index in [2.05, 4.69) is 31.9 Å². The van der Waals surface area contributed by atoms with Gasteiger partial charge in [-0.25, -0.2) is 4.79 Å². The van der Waals surface area contributed by atoms with E-state index in [1.807, 2.05) is 0 Å². The molecule has 3 N–H and O–H groups in total. The van der Waals surface area contributed by atoms with Crippen LogP contribution in [0.1, 0.15) is 18.9 Å². The average Bonchev–Trinajstić information content (AvgIpc) is 2.35. The first kappa shape index (κ1) is 16.7. The SMILES string of the molecule is CCC(Oc1c(Br)cc(/C=C/C(=O)O)cc1Br)C(N)=O. The highest BCUT2D eigenvalue weighted by Crippen LogP contribution is 2.36. The van der Waals surface area contributed by atoms with E-state index in [0.717, 1.165) is 6.08 Å². The van der Waals surface area contributed by atoms with Crippen LogP contribution in [0.5, 0.6) is 5.75 Å². The lowest BCUT2D eigenvalue weighted by Crippen LogP contribution is -2.33. The monoisotopic (exact) mass is 405 g/mol. The fraction of sp³-hybridized carbons (Fsp3) is 0.231. The maximum atomic E-state index is 11.2. The van der Waals surface area contributed by atoms with Crippen LogP contribution >= 0.6 is 31.9 Å². The molecule has 1 rings (SSSR count). The molecule has 1 unspecified atom stereocenters. The maximum Gasteiger partial charge on any atom is 0.328 e. The Labute approximate surface area is 133 Å². The Bertz CT molecular complexity index is 534. The van der Waals surface area contributed by atoms with E-state index in [9.17, 15) is 9.59 Å². The Morgan fingerprint density at radius 3 is 2.35 bits per heavy atom. The molecule has 1 atom stereocenters. The number of carbonyl (C=O) groups is 2. The molecule has 20 heavy (non-hydrogen) atoms. The summed E-state index contributed by atoms with van der Waals surface area (Å²) < 4.78 is 6.75. The summed E-state index contributed by atoms with van der Waals surface area (Å²) in [7, 11) is 0. The van der Waals surface area contributed by atoms with Crippen molar-refractivity contribution in [1.82, 2.24) is 0 Å². The quantitative estimate of drug-likeness (QED) is 0.710. The average molecular weight is 407 g/mol. The van der Waals surface area contributed by atoms with Crippen LogP contribution in [0.25, 0.3) is 6.08 Å². The maximum absolute atomic E-state index is 11.2. The fourth-order valence-electron chi connectivity index (χ4n) is 1.44. The molecule has 0 saturated heterocycles. The molecule has 0 aromatic heterocycles. The van der Waals surface area contributed by atoms with Crippen LogP contribution in [0.3, 0.4) is 0 Å². The third-order valence-corrected chi connectivity index (χ3v) is 3.57. The van der Waals surface area contributed by atoms with E-state index < -0.39 is 18.0 Å². The number of primary amides is 1. The molecule has 0 saturated carbocycles. The van der Waals surface area contributed by atoms with E-state index in [-0.39, 0.29) is 0 Å². The summed E-state index contributed by atoms with van der Waals surface area (Å²) in [6.07, 6.45) is 2.22. The van der Waals surface area contributed by atoms with Crippen molar-refractivity contribution in [2.45, 2.75) is 19.4 Å². The topological polar surface area (TPSA) is 89.6 Å². The van der Waals surface area contributed by atoms with Gasteiger partial charge in [-0.15, -0.1) is 0 Å². The zero-order chi connectivity index (χ0) is 15.3. The molecule has 0 spiro atoms. The highest BCUT2D eigenvalue weighted by Gasteiger charge is 2.18. The predicted octanol–water partition coefficient (Wildman–Crippen LogP) is 2.95. The van der Waals surface area contributed by atoms with Crippen molar-refractivity contribution in [3.05, 3.63) is 32.7 Å². The van der Waals surface area contributed by atoms with Crippen LogP contribution in [0.15, 0.2) is 27.2 Å². The molecule has 1 aromatic carbocycles. The van der Waals surface area contributed by atoms with Crippen LogP contribution in [0.4, 0.5) is 0 Å². The van der Waals surface area contributed by atoms with Crippen molar-refractivity contribution < 1.29 is 19.4 Å². The van der Waals surface area contributed by atoms with Crippen molar-refractivity contribution in [3.8, 4) is 5.75 Å². The molecule has 0 aliphatic rings. The number of halogens is 2. The zero-order valence-corrected chi connectivity index (χ0v) is 13.8. The number of hydrogen-bond donors (Lipinski definition) is 2. The number of nitrogens with two attached hydrogens (primary N) is 1. The van der Waals surface area contributed by atoms with Gasteiger partial charge in [0.05, 0.1) is 8.95 Å². The minimum atomic E-state index is -1.03. The number of ether oxygens (including phenoxy) is 1. The molecule has 5 nitrogen and oxygen atoms in total. The number of rotatable bonds is 6. The minimum absolute atomic E-state index is 0.447. The second kappa shape index (κ2) is 7.44. The first-order valence-corrected chi connectivity index (χ1v) is 7.29. The first-order valence-electron chi connectivity index (χ1n) is 5.71. The number of amides is 1. The smallest absolute Gasteiger partial charge is 0.328 e. The van der Waals surface area contributed by atoms with Crippen molar-refractivity contribution in [3.63, 3.8) is 0 Å². The summed E-state index contributed by atoms with van der Waals surface area (Å²) in [5.74, 6) is -1.12. The molecule has 1 amide bonds. The number of carboxylic acids is 1. The number of aliphatic carboxylic acids is 1. The third-order valence-electron chi connectivity index (χ3n) is 2.39. The summed E-state index contributed by atoms with van der Waals surface area (Å²) in [5.41, 5.74) is 5.91. The number of benzene rings is 1. The number of hydrogen-bond acceptors (Lipinski definition) is 3. The Balaban J connectivity index is 3.06. The fourth-order valence-corrected chi connectivity index (χ4v) is 2.85. The Morgan fingerprint density at radius 1 is 1.40 bits per heavy atom. The molecule has 0 fully saturated rings. The van der Waals surface area contributed by atoms with Gasteiger partial charge in [-0.05, 0) is 62.1 Å². The molecule has 0 aliphatic carbocycles. The number of carboxylic acid groups (broad SMARTS) is 1. The van der Waals surface area contributed by atoms with E-state index in [4.69, 9.17) is 15.6 Å². The van der Waals surface area contributed by atoms with Crippen LogP contribution in [0.2, 0.25) is 0 Å². The Morgan fingerprint density at radius 2 is 1.95 bits per heavy atom. The van der Waals surface area contributed by atoms with Crippen LogP contribution < -0.4 is 10.5 Å². The van der Waals surface area contributed by atoms with Gasteiger partial charge in [0, 0.05) is 6.08 Å². The number of carbonyl (C=O) groups excluding carboxylic acids is 1.